The fourth-order valence-electron chi connectivity index (χ4n) is 3.73. The van der Waals surface area contributed by atoms with Crippen molar-refractivity contribution >= 4 is 28.4 Å². The van der Waals surface area contributed by atoms with Crippen molar-refractivity contribution < 1.29 is 14.5 Å². The first kappa shape index (κ1) is 23.4. The van der Waals surface area contributed by atoms with E-state index in [4.69, 9.17) is 21.8 Å². The van der Waals surface area contributed by atoms with Gasteiger partial charge in [-0.15, -0.1) is 0 Å². The van der Waals surface area contributed by atoms with E-state index < -0.39 is 12.1 Å². The molecule has 0 saturated heterocycles. The van der Waals surface area contributed by atoms with Crippen LogP contribution in [0.3, 0.4) is 0 Å². The number of rotatable bonds is 10. The highest BCUT2D eigenvalue weighted by molar-refractivity contribution is 5.94. The van der Waals surface area contributed by atoms with Crippen molar-refractivity contribution in [3.05, 3.63) is 54.1 Å². The smallest absolute Gasteiger partial charge is 0.241 e. The summed E-state index contributed by atoms with van der Waals surface area (Å²) >= 11 is 0. The number of unbranched alkanes of at least 4 members (excludes halogenated alkanes) is 1. The molecule has 1 unspecified atom stereocenters. The van der Waals surface area contributed by atoms with Crippen LogP contribution in [0.25, 0.3) is 22.6 Å². The Kier molecular flexibility index (Phi) is 7.16. The number of aliphatic hydroxyl groups excluding tert-OH is 1. The number of para-hydroxylation sites is 2. The van der Waals surface area contributed by atoms with Crippen molar-refractivity contribution in [1.82, 2.24) is 19.9 Å². The van der Waals surface area contributed by atoms with Crippen LogP contribution in [-0.2, 0) is 11.3 Å². The second kappa shape index (κ2) is 10.4. The van der Waals surface area contributed by atoms with Gasteiger partial charge in [0.2, 0.25) is 5.91 Å². The molecule has 11 nitrogen and oxygen atoms in total. The first-order valence-electron chi connectivity index (χ1n) is 11.1. The van der Waals surface area contributed by atoms with Crippen LogP contribution in [0.4, 0.5) is 11.5 Å². The molecule has 8 N–H and O–H groups in total. The van der Waals surface area contributed by atoms with Gasteiger partial charge < -0.3 is 32.2 Å². The molecule has 2 atom stereocenters. The molecule has 2 heterocycles. The molecule has 0 aliphatic rings. The Morgan fingerprint density at radius 3 is 2.59 bits per heavy atom. The number of fused-ring (bicyclic) bond motifs is 1. The second-order valence-electron chi connectivity index (χ2n) is 8.05. The van der Waals surface area contributed by atoms with Gasteiger partial charge in [0.15, 0.2) is 17.3 Å². The molecule has 0 radical (unpaired) electrons. The topological polar surface area (TPSA) is 184 Å². The van der Waals surface area contributed by atoms with E-state index in [1.807, 2.05) is 28.8 Å². The number of anilines is 2. The van der Waals surface area contributed by atoms with Crippen LogP contribution in [0.1, 0.15) is 30.9 Å². The van der Waals surface area contributed by atoms with E-state index >= 15 is 0 Å². The highest BCUT2D eigenvalue weighted by Gasteiger charge is 2.21. The maximum absolute atomic E-state index is 12.3. The Hall–Kier alpha value is -3.80. The van der Waals surface area contributed by atoms with E-state index in [2.05, 4.69) is 20.6 Å². The summed E-state index contributed by atoms with van der Waals surface area (Å²) in [6, 6.07) is 13.9. The normalized spacial score (nSPS) is 13.1. The molecule has 178 valence electrons. The van der Waals surface area contributed by atoms with Gasteiger partial charge in [0.05, 0.1) is 29.7 Å². The number of aromatic nitrogens is 4. The van der Waals surface area contributed by atoms with E-state index in [1.54, 1.807) is 24.3 Å². The molecule has 2 aromatic heterocycles. The summed E-state index contributed by atoms with van der Waals surface area (Å²) in [7, 11) is 0. The van der Waals surface area contributed by atoms with Gasteiger partial charge in [0, 0.05) is 5.69 Å². The molecule has 0 aliphatic carbocycles. The first-order chi connectivity index (χ1) is 16.5. The molecule has 11 heteroatoms. The maximum atomic E-state index is 12.3. The van der Waals surface area contributed by atoms with Crippen LogP contribution in [-0.4, -0.2) is 43.5 Å². The number of aliphatic hydroxyl groups is 1. The number of nitrogens with zero attached hydrogens (tertiary/aromatic N) is 4. The summed E-state index contributed by atoms with van der Waals surface area (Å²) in [5.74, 6) is 0.317. The quantitative estimate of drug-likeness (QED) is 0.218. The molecule has 0 saturated carbocycles. The van der Waals surface area contributed by atoms with E-state index in [1.165, 1.54) is 0 Å². The minimum atomic E-state index is -0.860. The molecule has 34 heavy (non-hydrogen) atoms. The van der Waals surface area contributed by atoms with Gasteiger partial charge in [0.1, 0.15) is 0 Å². The van der Waals surface area contributed by atoms with Gasteiger partial charge >= 0.3 is 0 Å². The Morgan fingerprint density at radius 2 is 1.88 bits per heavy atom. The number of nitrogens with two attached hydrogens (primary N) is 3. The summed E-state index contributed by atoms with van der Waals surface area (Å²) in [6.07, 6.45) is 1.35. The number of benzene rings is 2. The fraction of sp³-hybridized carbons (Fsp3) is 0.304. The molecule has 4 rings (SSSR count). The van der Waals surface area contributed by atoms with Gasteiger partial charge in [-0.2, -0.15) is 0 Å². The largest absolute Gasteiger partial charge is 0.387 e. The summed E-state index contributed by atoms with van der Waals surface area (Å²) in [5, 5.41) is 21.3. The van der Waals surface area contributed by atoms with Crippen molar-refractivity contribution in [2.75, 3.05) is 17.6 Å². The summed E-state index contributed by atoms with van der Waals surface area (Å²) < 4.78 is 6.56. The summed E-state index contributed by atoms with van der Waals surface area (Å²) in [5.41, 5.74) is 20.4. The second-order valence-corrected chi connectivity index (χ2v) is 8.05. The molecule has 0 aliphatic heterocycles. The number of amides is 1. The zero-order valence-corrected chi connectivity index (χ0v) is 18.6. The van der Waals surface area contributed by atoms with Crippen molar-refractivity contribution in [2.24, 2.45) is 11.5 Å². The van der Waals surface area contributed by atoms with E-state index in [0.717, 1.165) is 23.9 Å². The average Bonchev–Trinajstić information content (AvgIpc) is 3.42. The standard InChI is InChI=1S/C23H28N8O3/c24-12-4-3-5-16(25)23(33)27-15-10-8-14(9-11-15)19(32)13-31-18-7-2-1-6-17(18)28-22(31)20-21(26)30-34-29-20/h1-2,6-11,16,19,32H,3-5,12-13,24-25H2,(H2,26,30)(H,27,33)/t16-,19?/m0/s1. The Bertz CT molecular complexity index is 1250. The number of carbonyl (C=O) groups excluding carboxylic acids is 1. The van der Waals surface area contributed by atoms with Crippen molar-refractivity contribution in [1.29, 1.82) is 0 Å². The van der Waals surface area contributed by atoms with Crippen LogP contribution in [0.15, 0.2) is 53.2 Å². The number of carbonyl (C=O) groups is 1. The monoisotopic (exact) mass is 464 g/mol. The van der Waals surface area contributed by atoms with E-state index in [9.17, 15) is 9.90 Å². The first-order valence-corrected chi connectivity index (χ1v) is 11.1. The van der Waals surface area contributed by atoms with Gasteiger partial charge in [-0.05, 0) is 59.5 Å². The fourth-order valence-corrected chi connectivity index (χ4v) is 3.73. The lowest BCUT2D eigenvalue weighted by Gasteiger charge is -2.16. The van der Waals surface area contributed by atoms with Gasteiger partial charge in [-0.3, -0.25) is 4.79 Å². The predicted molar refractivity (Wildman–Crippen MR) is 128 cm³/mol. The van der Waals surface area contributed by atoms with Crippen LogP contribution in [0.5, 0.6) is 0 Å². The third-order valence-corrected chi connectivity index (χ3v) is 5.60. The molecule has 2 aromatic carbocycles. The molecule has 0 fully saturated rings. The van der Waals surface area contributed by atoms with Crippen molar-refractivity contribution in [2.45, 2.75) is 38.0 Å². The molecular weight excluding hydrogens is 436 g/mol. The van der Waals surface area contributed by atoms with E-state index in [-0.39, 0.29) is 18.3 Å². The maximum Gasteiger partial charge on any atom is 0.241 e. The van der Waals surface area contributed by atoms with Crippen LogP contribution < -0.4 is 22.5 Å². The predicted octanol–water partition coefficient (Wildman–Crippen LogP) is 1.80. The van der Waals surface area contributed by atoms with Gasteiger partial charge in [-0.25, -0.2) is 9.61 Å². The third-order valence-electron chi connectivity index (χ3n) is 5.60. The van der Waals surface area contributed by atoms with Crippen molar-refractivity contribution in [3.63, 3.8) is 0 Å². The number of imidazole rings is 1. The van der Waals surface area contributed by atoms with Gasteiger partial charge in [-0.1, -0.05) is 30.7 Å². The zero-order chi connectivity index (χ0) is 24.1. The average molecular weight is 465 g/mol. The minimum Gasteiger partial charge on any atom is -0.387 e. The Morgan fingerprint density at radius 1 is 1.12 bits per heavy atom. The molecule has 1 amide bonds. The third kappa shape index (κ3) is 5.06. The number of hydrogen-bond donors (Lipinski definition) is 5. The highest BCUT2D eigenvalue weighted by Crippen LogP contribution is 2.29. The van der Waals surface area contributed by atoms with Crippen LogP contribution in [0.2, 0.25) is 0 Å². The Labute approximate surface area is 195 Å². The lowest BCUT2D eigenvalue weighted by Crippen LogP contribution is -2.35. The summed E-state index contributed by atoms with van der Waals surface area (Å²) in [6.45, 7) is 0.775. The van der Waals surface area contributed by atoms with Crippen molar-refractivity contribution in [3.8, 4) is 11.5 Å². The number of hydrogen-bond acceptors (Lipinski definition) is 9. The zero-order valence-electron chi connectivity index (χ0n) is 18.6. The lowest BCUT2D eigenvalue weighted by molar-refractivity contribution is -0.117. The SMILES string of the molecule is NCCCC[C@H](N)C(=O)Nc1ccc(C(O)Cn2c(-c3nonc3N)nc3ccccc32)cc1. The Balaban J connectivity index is 1.49. The molecule has 0 bridgehead atoms. The van der Waals surface area contributed by atoms with Crippen LogP contribution in [0, 0.1) is 0 Å². The van der Waals surface area contributed by atoms with E-state index in [0.29, 0.717) is 35.7 Å². The number of nitrogens with one attached hydrogen (secondary N) is 1. The lowest BCUT2D eigenvalue weighted by atomic mass is 10.1. The summed E-state index contributed by atoms with van der Waals surface area (Å²) in [4.78, 5) is 16.9. The highest BCUT2D eigenvalue weighted by atomic mass is 16.6. The molecule has 0 spiro atoms. The number of nitrogen functional groups attached to an aromatic ring is 1. The minimum absolute atomic E-state index is 0.118. The van der Waals surface area contributed by atoms with Gasteiger partial charge in [0.25, 0.3) is 0 Å². The molecular formula is C23H28N8O3. The molecule has 4 aromatic rings. The van der Waals surface area contributed by atoms with Crippen LogP contribution >= 0.6 is 0 Å².